The van der Waals surface area contributed by atoms with Gasteiger partial charge in [-0.3, -0.25) is 19.2 Å². The van der Waals surface area contributed by atoms with Gasteiger partial charge in [-0.05, 0) is 45.1 Å². The molecule has 2 aliphatic heterocycles. The molecule has 2 unspecified atom stereocenters. The summed E-state index contributed by atoms with van der Waals surface area (Å²) in [5.74, 6) is -2.36. The largest absolute Gasteiger partial charge is 0.391 e. The summed E-state index contributed by atoms with van der Waals surface area (Å²) in [4.78, 5) is 55.4. The summed E-state index contributed by atoms with van der Waals surface area (Å²) >= 11 is 0. The fourth-order valence-electron chi connectivity index (χ4n) is 5.20. The molecule has 0 aromatic heterocycles. The molecular formula is C25H37N5O6. The molecule has 1 aromatic carbocycles. The lowest BCUT2D eigenvalue weighted by atomic mass is 9.86. The molecule has 1 aromatic rings. The highest BCUT2D eigenvalue weighted by Gasteiger charge is 2.53. The third-order valence-corrected chi connectivity index (χ3v) is 7.22. The number of rotatable bonds is 9. The minimum atomic E-state index is -1.34. The smallest absolute Gasteiger partial charge is 0.247 e. The van der Waals surface area contributed by atoms with Gasteiger partial charge in [-0.15, -0.1) is 0 Å². The van der Waals surface area contributed by atoms with Gasteiger partial charge in [0.15, 0.2) is 0 Å². The molecule has 0 bridgehead atoms. The van der Waals surface area contributed by atoms with E-state index in [2.05, 4.69) is 5.32 Å². The number of likely N-dealkylation sites (tertiary alicyclic amines) is 2. The van der Waals surface area contributed by atoms with E-state index in [1.165, 1.54) is 23.6 Å². The number of carbonyl (C=O) groups excluding carboxylic acids is 4. The fraction of sp³-hybridized carbons (Fsp3) is 0.600. The molecule has 6 atom stereocenters. The van der Waals surface area contributed by atoms with Crippen molar-refractivity contribution in [2.75, 3.05) is 13.1 Å². The molecule has 2 heterocycles. The molecule has 0 spiro atoms. The van der Waals surface area contributed by atoms with E-state index in [0.29, 0.717) is 32.2 Å². The van der Waals surface area contributed by atoms with Gasteiger partial charge >= 0.3 is 0 Å². The lowest BCUT2D eigenvalue weighted by molar-refractivity contribution is -0.152. The van der Waals surface area contributed by atoms with Gasteiger partial charge in [-0.25, -0.2) is 0 Å². The van der Waals surface area contributed by atoms with Crippen LogP contribution in [0, 0.1) is 0 Å². The Hall–Kier alpha value is -3.02. The molecule has 7 N–H and O–H groups in total. The van der Waals surface area contributed by atoms with Crippen molar-refractivity contribution >= 4 is 23.6 Å². The van der Waals surface area contributed by atoms with Crippen LogP contribution < -0.4 is 16.8 Å². The quantitative estimate of drug-likeness (QED) is 0.276. The van der Waals surface area contributed by atoms with E-state index in [-0.39, 0.29) is 18.9 Å². The number of benzene rings is 1. The number of carbonyl (C=O) groups is 4. The van der Waals surface area contributed by atoms with Crippen molar-refractivity contribution in [2.24, 2.45) is 11.5 Å². The van der Waals surface area contributed by atoms with Crippen LogP contribution >= 0.6 is 0 Å². The minimum absolute atomic E-state index is 0.185. The first-order valence-corrected chi connectivity index (χ1v) is 12.4. The van der Waals surface area contributed by atoms with E-state index in [1.54, 1.807) is 0 Å². The average molecular weight is 504 g/mol. The van der Waals surface area contributed by atoms with Crippen LogP contribution in [0.15, 0.2) is 30.3 Å². The van der Waals surface area contributed by atoms with Crippen molar-refractivity contribution in [3.05, 3.63) is 35.9 Å². The highest BCUT2D eigenvalue weighted by molar-refractivity contribution is 5.98. The van der Waals surface area contributed by atoms with Gasteiger partial charge in [-0.1, -0.05) is 30.3 Å². The summed E-state index contributed by atoms with van der Waals surface area (Å²) in [6, 6.07) is 5.92. The Bertz CT molecular complexity index is 971. The average Bonchev–Trinajstić information content (AvgIpc) is 3.49. The van der Waals surface area contributed by atoms with E-state index in [9.17, 15) is 29.4 Å². The zero-order valence-electron chi connectivity index (χ0n) is 20.8. The maximum absolute atomic E-state index is 13.9. The third kappa shape index (κ3) is 5.53. The predicted octanol–water partition coefficient (Wildman–Crippen LogP) is -1.36. The number of primary amides is 1. The summed E-state index contributed by atoms with van der Waals surface area (Å²) in [7, 11) is 0. The minimum Gasteiger partial charge on any atom is -0.391 e. The highest BCUT2D eigenvalue weighted by atomic mass is 16.3. The highest BCUT2D eigenvalue weighted by Crippen LogP contribution is 2.36. The fourth-order valence-corrected chi connectivity index (χ4v) is 5.20. The predicted molar refractivity (Wildman–Crippen MR) is 131 cm³/mol. The van der Waals surface area contributed by atoms with Crippen LogP contribution in [0.5, 0.6) is 0 Å². The normalized spacial score (nSPS) is 25.2. The van der Waals surface area contributed by atoms with Crippen LogP contribution in [0.25, 0.3) is 0 Å². The van der Waals surface area contributed by atoms with Crippen molar-refractivity contribution in [3.8, 4) is 0 Å². The number of aliphatic hydroxyl groups excluding tert-OH is 2. The molecule has 4 amide bonds. The zero-order chi connectivity index (χ0) is 26.6. The molecule has 36 heavy (non-hydrogen) atoms. The van der Waals surface area contributed by atoms with Crippen LogP contribution in [0.2, 0.25) is 0 Å². The first kappa shape index (κ1) is 27.6. The van der Waals surface area contributed by atoms with Crippen molar-refractivity contribution in [2.45, 2.75) is 81.8 Å². The second kappa shape index (κ2) is 11.4. The number of hydrogen-bond acceptors (Lipinski definition) is 7. The molecule has 3 rings (SSSR count). The molecule has 11 nitrogen and oxygen atoms in total. The van der Waals surface area contributed by atoms with Crippen molar-refractivity contribution in [3.63, 3.8) is 0 Å². The summed E-state index contributed by atoms with van der Waals surface area (Å²) in [6.45, 7) is 3.39. The van der Waals surface area contributed by atoms with Gasteiger partial charge in [0, 0.05) is 19.5 Å². The van der Waals surface area contributed by atoms with E-state index in [1.807, 2.05) is 30.3 Å². The molecule has 0 radical (unpaired) electrons. The van der Waals surface area contributed by atoms with Gasteiger partial charge < -0.3 is 36.8 Å². The molecule has 2 aliphatic rings. The summed E-state index contributed by atoms with van der Waals surface area (Å²) < 4.78 is 0. The lowest BCUT2D eigenvalue weighted by Crippen LogP contribution is -2.65. The second-order valence-electron chi connectivity index (χ2n) is 9.84. The summed E-state index contributed by atoms with van der Waals surface area (Å²) in [5, 5.41) is 22.4. The van der Waals surface area contributed by atoms with E-state index < -0.39 is 53.6 Å². The van der Waals surface area contributed by atoms with Crippen LogP contribution in [0.3, 0.4) is 0 Å². The van der Waals surface area contributed by atoms with Crippen molar-refractivity contribution in [1.82, 2.24) is 15.1 Å². The van der Waals surface area contributed by atoms with E-state index in [4.69, 9.17) is 11.5 Å². The Morgan fingerprint density at radius 2 is 1.75 bits per heavy atom. The monoisotopic (exact) mass is 503 g/mol. The Morgan fingerprint density at radius 1 is 1.08 bits per heavy atom. The first-order valence-electron chi connectivity index (χ1n) is 12.4. The van der Waals surface area contributed by atoms with Crippen LogP contribution in [-0.2, 0) is 25.6 Å². The molecule has 0 aliphatic carbocycles. The number of hydrogen-bond donors (Lipinski definition) is 5. The second-order valence-corrected chi connectivity index (χ2v) is 9.84. The number of nitrogens with zero attached hydrogens (tertiary/aromatic N) is 2. The van der Waals surface area contributed by atoms with Gasteiger partial charge in [-0.2, -0.15) is 0 Å². The maximum atomic E-state index is 13.9. The van der Waals surface area contributed by atoms with Crippen molar-refractivity contribution in [1.29, 1.82) is 0 Å². The number of nitrogens with two attached hydrogens (primary N) is 2. The van der Waals surface area contributed by atoms with Gasteiger partial charge in [0.05, 0.1) is 12.2 Å². The van der Waals surface area contributed by atoms with E-state index in [0.717, 1.165) is 5.56 Å². The Labute approximate surface area is 210 Å². The Morgan fingerprint density at radius 3 is 2.33 bits per heavy atom. The van der Waals surface area contributed by atoms with E-state index >= 15 is 0 Å². The molecule has 198 valence electrons. The van der Waals surface area contributed by atoms with Crippen LogP contribution in [0.4, 0.5) is 0 Å². The van der Waals surface area contributed by atoms with Gasteiger partial charge in [0.1, 0.15) is 23.7 Å². The van der Waals surface area contributed by atoms with Gasteiger partial charge in [0.2, 0.25) is 23.6 Å². The number of amides is 4. The first-order chi connectivity index (χ1) is 17.0. The lowest BCUT2D eigenvalue weighted by Gasteiger charge is -2.41. The molecule has 2 saturated heterocycles. The Kier molecular flexibility index (Phi) is 8.70. The maximum Gasteiger partial charge on any atom is 0.247 e. The zero-order valence-corrected chi connectivity index (χ0v) is 20.8. The van der Waals surface area contributed by atoms with Crippen LogP contribution in [-0.4, -0.2) is 92.6 Å². The molecular weight excluding hydrogens is 466 g/mol. The van der Waals surface area contributed by atoms with Crippen LogP contribution in [0.1, 0.15) is 45.1 Å². The standard InChI is InChI=1S/C25H37N5O6/c1-15(31)19(26)23(35)29-12-6-10-18(29)22(34)30-13-7-11-25(30,14-17-8-4-3-5-9-17)24(36)28-20(16(2)32)21(27)33/h3-5,8-9,15-16,18-20,31-32H,6-7,10-14,26H2,1-2H3,(H2,27,33)(H,28,36)/t15-,16-,18+,19+,20?,25?/m1/s1. The molecule has 11 heteroatoms. The number of nitrogens with one attached hydrogen (secondary N) is 1. The topological polar surface area (TPSA) is 179 Å². The van der Waals surface area contributed by atoms with Gasteiger partial charge in [0.25, 0.3) is 0 Å². The molecule has 2 fully saturated rings. The SMILES string of the molecule is C[C@@H](O)C(NC(=O)C1(Cc2ccccc2)CCCN1C(=O)[C@@H]1CCCN1C(=O)[C@@H](N)[C@@H](C)O)C(N)=O. The van der Waals surface area contributed by atoms with Crippen molar-refractivity contribution < 1.29 is 29.4 Å². The third-order valence-electron chi connectivity index (χ3n) is 7.22. The summed E-state index contributed by atoms with van der Waals surface area (Å²) in [5.41, 5.74) is 10.8. The molecule has 0 saturated carbocycles. The number of aliphatic hydroxyl groups is 2. The summed E-state index contributed by atoms with van der Waals surface area (Å²) in [6.07, 6.45) is -0.246. The Balaban J connectivity index is 1.96.